The van der Waals surface area contributed by atoms with Gasteiger partial charge in [-0.15, -0.1) is 0 Å². The molecule has 0 saturated heterocycles. The van der Waals surface area contributed by atoms with Gasteiger partial charge in [-0.25, -0.2) is 9.78 Å². The monoisotopic (exact) mass is 298 g/mol. The molecule has 0 aliphatic heterocycles. The molecule has 0 unspecified atom stereocenters. The molecule has 0 saturated carbocycles. The largest absolute Gasteiger partial charge is 0.478 e. The van der Waals surface area contributed by atoms with E-state index < -0.39 is 5.97 Å². The van der Waals surface area contributed by atoms with Crippen molar-refractivity contribution in [2.75, 3.05) is 5.32 Å². The molecule has 0 spiro atoms. The number of pyridine rings is 1. The lowest BCUT2D eigenvalue weighted by molar-refractivity contribution is 0.0699. The molecule has 4 nitrogen and oxygen atoms in total. The molecular formula is C16H11ClN2O2. The van der Waals surface area contributed by atoms with Crippen molar-refractivity contribution >= 4 is 40.0 Å². The number of carbonyl (C=O) groups is 1. The third-order valence-corrected chi connectivity index (χ3v) is 3.28. The molecule has 0 atom stereocenters. The maximum atomic E-state index is 11.4. The molecular weight excluding hydrogens is 288 g/mol. The molecule has 5 heteroatoms. The lowest BCUT2D eigenvalue weighted by Gasteiger charge is -2.09. The van der Waals surface area contributed by atoms with Crippen LogP contribution in [0.2, 0.25) is 5.02 Å². The number of aromatic nitrogens is 1. The Bertz CT molecular complexity index is 833. The van der Waals surface area contributed by atoms with Crippen LogP contribution in [0.3, 0.4) is 0 Å². The second-order valence-corrected chi connectivity index (χ2v) is 4.95. The first-order valence-corrected chi connectivity index (χ1v) is 6.67. The highest BCUT2D eigenvalue weighted by Gasteiger charge is 2.11. The average molecular weight is 299 g/mol. The molecule has 0 radical (unpaired) electrons. The summed E-state index contributed by atoms with van der Waals surface area (Å²) in [4.78, 5) is 15.8. The van der Waals surface area contributed by atoms with Crippen molar-refractivity contribution in [2.45, 2.75) is 0 Å². The Morgan fingerprint density at radius 1 is 1.10 bits per heavy atom. The van der Waals surface area contributed by atoms with Crippen molar-refractivity contribution in [3.8, 4) is 0 Å². The van der Waals surface area contributed by atoms with Crippen LogP contribution in [0.25, 0.3) is 10.9 Å². The maximum Gasteiger partial charge on any atom is 0.336 e. The van der Waals surface area contributed by atoms with Crippen molar-refractivity contribution in [2.24, 2.45) is 0 Å². The van der Waals surface area contributed by atoms with E-state index in [4.69, 9.17) is 11.6 Å². The minimum absolute atomic E-state index is 0.213. The number of carboxylic acids is 1. The second kappa shape index (κ2) is 5.42. The lowest BCUT2D eigenvalue weighted by atomic mass is 10.1. The quantitative estimate of drug-likeness (QED) is 0.755. The number of para-hydroxylation sites is 1. The van der Waals surface area contributed by atoms with E-state index in [0.717, 1.165) is 5.69 Å². The molecule has 21 heavy (non-hydrogen) atoms. The SMILES string of the molecule is O=C(O)c1cc(Nc2cccc(Cl)c2)nc2ccccc12. The van der Waals surface area contributed by atoms with E-state index in [2.05, 4.69) is 10.3 Å². The molecule has 0 aliphatic rings. The molecule has 2 N–H and O–H groups in total. The predicted octanol–water partition coefficient (Wildman–Crippen LogP) is 4.33. The van der Waals surface area contributed by atoms with Gasteiger partial charge < -0.3 is 10.4 Å². The van der Waals surface area contributed by atoms with Crippen LogP contribution in [0, 0.1) is 0 Å². The van der Waals surface area contributed by atoms with Crippen LogP contribution in [0.4, 0.5) is 11.5 Å². The van der Waals surface area contributed by atoms with Crippen LogP contribution < -0.4 is 5.32 Å². The summed E-state index contributed by atoms with van der Waals surface area (Å²) in [6, 6.07) is 15.8. The minimum atomic E-state index is -0.984. The summed E-state index contributed by atoms with van der Waals surface area (Å²) in [5.74, 6) is -0.517. The summed E-state index contributed by atoms with van der Waals surface area (Å²) in [6.45, 7) is 0. The van der Waals surface area contributed by atoms with Crippen LogP contribution in [0.1, 0.15) is 10.4 Å². The highest BCUT2D eigenvalue weighted by atomic mass is 35.5. The van der Waals surface area contributed by atoms with Crippen LogP contribution in [-0.4, -0.2) is 16.1 Å². The maximum absolute atomic E-state index is 11.4. The molecule has 1 heterocycles. The highest BCUT2D eigenvalue weighted by molar-refractivity contribution is 6.30. The Hall–Kier alpha value is -2.59. The minimum Gasteiger partial charge on any atom is -0.478 e. The summed E-state index contributed by atoms with van der Waals surface area (Å²) in [6.07, 6.45) is 0. The fourth-order valence-corrected chi connectivity index (χ4v) is 2.32. The van der Waals surface area contributed by atoms with Gasteiger partial charge in [-0.05, 0) is 30.3 Å². The van der Waals surface area contributed by atoms with Crippen molar-refractivity contribution < 1.29 is 9.90 Å². The van der Waals surface area contributed by atoms with Crippen molar-refractivity contribution in [3.63, 3.8) is 0 Å². The van der Waals surface area contributed by atoms with Crippen LogP contribution >= 0.6 is 11.6 Å². The summed E-state index contributed by atoms with van der Waals surface area (Å²) >= 11 is 5.93. The topological polar surface area (TPSA) is 62.2 Å². The zero-order valence-corrected chi connectivity index (χ0v) is 11.6. The molecule has 2 aromatic carbocycles. The van der Waals surface area contributed by atoms with E-state index in [-0.39, 0.29) is 5.56 Å². The van der Waals surface area contributed by atoms with Gasteiger partial charge in [0, 0.05) is 16.1 Å². The number of anilines is 2. The van der Waals surface area contributed by atoms with Crippen molar-refractivity contribution in [1.82, 2.24) is 4.98 Å². The van der Waals surface area contributed by atoms with Gasteiger partial charge in [-0.2, -0.15) is 0 Å². The molecule has 3 aromatic rings. The fourth-order valence-electron chi connectivity index (χ4n) is 2.13. The van der Waals surface area contributed by atoms with Gasteiger partial charge >= 0.3 is 5.97 Å². The Labute approximate surface area is 126 Å². The number of hydrogen-bond acceptors (Lipinski definition) is 3. The van der Waals surface area contributed by atoms with Gasteiger partial charge in [-0.3, -0.25) is 0 Å². The van der Waals surface area contributed by atoms with Crippen molar-refractivity contribution in [1.29, 1.82) is 0 Å². The first kappa shape index (κ1) is 13.4. The number of rotatable bonds is 3. The zero-order valence-electron chi connectivity index (χ0n) is 10.9. The number of fused-ring (bicyclic) bond motifs is 1. The first-order chi connectivity index (χ1) is 10.1. The Balaban J connectivity index is 2.09. The van der Waals surface area contributed by atoms with Gasteiger partial charge in [0.15, 0.2) is 0 Å². The second-order valence-electron chi connectivity index (χ2n) is 4.51. The summed E-state index contributed by atoms with van der Waals surface area (Å²) in [5.41, 5.74) is 1.59. The number of carboxylic acid groups (broad SMARTS) is 1. The Kier molecular flexibility index (Phi) is 3.46. The number of hydrogen-bond donors (Lipinski definition) is 2. The van der Waals surface area contributed by atoms with E-state index in [1.807, 2.05) is 18.2 Å². The third kappa shape index (κ3) is 2.80. The number of nitrogens with one attached hydrogen (secondary N) is 1. The number of nitrogens with zero attached hydrogens (tertiary/aromatic N) is 1. The number of halogens is 1. The van der Waals surface area contributed by atoms with E-state index in [1.54, 1.807) is 30.3 Å². The van der Waals surface area contributed by atoms with E-state index >= 15 is 0 Å². The van der Waals surface area contributed by atoms with E-state index in [9.17, 15) is 9.90 Å². The molecule has 104 valence electrons. The Morgan fingerprint density at radius 2 is 1.90 bits per heavy atom. The number of aromatic carboxylic acids is 1. The molecule has 0 amide bonds. The molecule has 0 fully saturated rings. The van der Waals surface area contributed by atoms with Crippen LogP contribution in [0.15, 0.2) is 54.6 Å². The normalized spacial score (nSPS) is 10.5. The van der Waals surface area contributed by atoms with E-state index in [0.29, 0.717) is 21.7 Å². The van der Waals surface area contributed by atoms with Gasteiger partial charge in [0.2, 0.25) is 0 Å². The predicted molar refractivity (Wildman–Crippen MR) is 83.4 cm³/mol. The van der Waals surface area contributed by atoms with Gasteiger partial charge in [0.25, 0.3) is 0 Å². The van der Waals surface area contributed by atoms with Crippen molar-refractivity contribution in [3.05, 3.63) is 65.2 Å². The zero-order chi connectivity index (χ0) is 14.8. The summed E-state index contributed by atoms with van der Waals surface area (Å²) < 4.78 is 0. The lowest BCUT2D eigenvalue weighted by Crippen LogP contribution is -2.02. The van der Waals surface area contributed by atoms with Crippen LogP contribution in [0.5, 0.6) is 0 Å². The molecule has 3 rings (SSSR count). The standard InChI is InChI=1S/C16H11ClN2O2/c17-10-4-3-5-11(8-10)18-15-9-13(16(20)21)12-6-1-2-7-14(12)19-15/h1-9H,(H,18,19)(H,20,21). The highest BCUT2D eigenvalue weighted by Crippen LogP contribution is 2.24. The summed E-state index contributed by atoms with van der Waals surface area (Å²) in [7, 11) is 0. The first-order valence-electron chi connectivity index (χ1n) is 6.29. The average Bonchev–Trinajstić information content (AvgIpc) is 2.46. The number of benzene rings is 2. The van der Waals surface area contributed by atoms with Gasteiger partial charge in [0.1, 0.15) is 5.82 Å². The van der Waals surface area contributed by atoms with E-state index in [1.165, 1.54) is 6.07 Å². The molecule has 0 bridgehead atoms. The van der Waals surface area contributed by atoms with Crippen LogP contribution in [-0.2, 0) is 0 Å². The molecule has 1 aromatic heterocycles. The van der Waals surface area contributed by atoms with Gasteiger partial charge in [-0.1, -0.05) is 35.9 Å². The fraction of sp³-hybridized carbons (Fsp3) is 0. The summed E-state index contributed by atoms with van der Waals surface area (Å²) in [5, 5.41) is 13.6. The third-order valence-electron chi connectivity index (χ3n) is 3.04. The Morgan fingerprint density at radius 3 is 2.67 bits per heavy atom. The molecule has 0 aliphatic carbocycles. The smallest absolute Gasteiger partial charge is 0.336 e. The van der Waals surface area contributed by atoms with Gasteiger partial charge in [0.05, 0.1) is 11.1 Å².